The predicted molar refractivity (Wildman–Crippen MR) is 195 cm³/mol. The molecule has 44 heavy (non-hydrogen) atoms. The maximum absolute atomic E-state index is 5.27. The second-order valence-corrected chi connectivity index (χ2v) is 19.5. The van der Waals surface area contributed by atoms with Crippen LogP contribution in [-0.4, -0.2) is 20.3 Å². The molecule has 4 aromatic carbocycles. The number of fused-ring (bicyclic) bond motifs is 2. The van der Waals surface area contributed by atoms with Gasteiger partial charge in [0.15, 0.2) is 0 Å². The van der Waals surface area contributed by atoms with Crippen molar-refractivity contribution < 1.29 is 0 Å². The summed E-state index contributed by atoms with van der Waals surface area (Å²) in [4.78, 5) is 10.5. The van der Waals surface area contributed by atoms with Crippen LogP contribution in [0.1, 0.15) is 52.7 Å². The third kappa shape index (κ3) is 6.78. The minimum Gasteiger partial charge on any atom is -0.248 e. The monoisotopic (exact) mass is 612 g/mol. The molecule has 0 aliphatic heterocycles. The number of pyridine rings is 2. The summed E-state index contributed by atoms with van der Waals surface area (Å²) in [6.07, 6.45) is 2.01. The lowest BCUT2D eigenvalue weighted by Gasteiger charge is -2.42. The molecule has 0 bridgehead atoms. The Morgan fingerprint density at radius 1 is 0.477 bits per heavy atom. The lowest BCUT2D eigenvalue weighted by Crippen LogP contribution is -2.26. The molecule has 0 fully saturated rings. The average Bonchev–Trinajstić information content (AvgIpc) is 3.01. The molecule has 0 spiro atoms. The van der Waals surface area contributed by atoms with Crippen molar-refractivity contribution in [1.82, 2.24) is 9.97 Å². The van der Waals surface area contributed by atoms with E-state index in [0.717, 1.165) is 34.2 Å². The molecule has 0 N–H and O–H groups in total. The number of hydrogen-bond donors (Lipinski definition) is 0. The van der Waals surface area contributed by atoms with Crippen LogP contribution < -0.4 is 10.9 Å². The molecule has 0 atom stereocenters. The molecule has 0 saturated carbocycles. The normalized spacial score (nSPS) is 12.5. The summed E-state index contributed by atoms with van der Waals surface area (Å²) in [6.45, 7) is 14.5. The standard InChI is InChI=1S/C40H42N2P2/c1-39(2,3)44(40(4,5)6)28-33-21-20-32(29-14-8-7-9-15-29)26-34(33)27-43(37-24-22-30-16-10-12-18-35(30)41-37)38-25-23-31-17-11-13-19-36(31)42-38/h7-26H,27-28H2,1-6H3. The largest absolute Gasteiger partial charge is 0.248 e. The summed E-state index contributed by atoms with van der Waals surface area (Å²) in [6, 6.07) is 43.8. The van der Waals surface area contributed by atoms with Gasteiger partial charge in [0.2, 0.25) is 0 Å². The van der Waals surface area contributed by atoms with Crippen LogP contribution in [0.4, 0.5) is 0 Å². The zero-order valence-corrected chi connectivity index (χ0v) is 28.5. The third-order valence-corrected chi connectivity index (χ3v) is 14.5. The fourth-order valence-electron chi connectivity index (χ4n) is 6.25. The fourth-order valence-corrected chi connectivity index (χ4v) is 12.0. The Kier molecular flexibility index (Phi) is 8.70. The molecule has 4 heteroatoms. The Morgan fingerprint density at radius 3 is 1.55 bits per heavy atom. The number of hydrogen-bond acceptors (Lipinski definition) is 2. The molecule has 0 amide bonds. The van der Waals surface area contributed by atoms with Crippen molar-refractivity contribution in [3.05, 3.63) is 132 Å². The second-order valence-electron chi connectivity index (χ2n) is 13.6. The highest BCUT2D eigenvalue weighted by atomic mass is 31.1. The van der Waals surface area contributed by atoms with Crippen molar-refractivity contribution >= 4 is 48.5 Å². The summed E-state index contributed by atoms with van der Waals surface area (Å²) in [5, 5.41) is 2.83. The molecular formula is C40H42N2P2. The Bertz CT molecular complexity index is 1810. The third-order valence-electron chi connectivity index (χ3n) is 8.31. The van der Waals surface area contributed by atoms with E-state index in [1.807, 2.05) is 0 Å². The summed E-state index contributed by atoms with van der Waals surface area (Å²) < 4.78 is 0. The van der Waals surface area contributed by atoms with Crippen molar-refractivity contribution in [1.29, 1.82) is 0 Å². The summed E-state index contributed by atoms with van der Waals surface area (Å²) in [5.41, 5.74) is 9.76. The van der Waals surface area contributed by atoms with Crippen LogP contribution in [0.3, 0.4) is 0 Å². The number of benzene rings is 4. The van der Waals surface area contributed by atoms with Gasteiger partial charge in [-0.3, -0.25) is 0 Å². The molecule has 6 rings (SSSR count). The molecular weight excluding hydrogens is 570 g/mol. The summed E-state index contributed by atoms with van der Waals surface area (Å²) >= 11 is 0. The van der Waals surface area contributed by atoms with Gasteiger partial charge in [0.05, 0.1) is 21.9 Å². The lowest BCUT2D eigenvalue weighted by atomic mass is 10.0. The predicted octanol–water partition coefficient (Wildman–Crippen LogP) is 10.7. The summed E-state index contributed by atoms with van der Waals surface area (Å²) in [7, 11) is -1.17. The molecule has 0 aliphatic rings. The number of para-hydroxylation sites is 2. The molecule has 0 aliphatic carbocycles. The molecule has 6 aromatic rings. The van der Waals surface area contributed by atoms with Gasteiger partial charge < -0.3 is 0 Å². The van der Waals surface area contributed by atoms with Gasteiger partial charge in [0.1, 0.15) is 0 Å². The maximum atomic E-state index is 5.27. The zero-order valence-electron chi connectivity index (χ0n) is 26.8. The van der Waals surface area contributed by atoms with Gasteiger partial charge in [0.25, 0.3) is 0 Å². The molecule has 222 valence electrons. The van der Waals surface area contributed by atoms with Crippen LogP contribution in [-0.2, 0) is 12.3 Å². The van der Waals surface area contributed by atoms with Crippen LogP contribution in [0.25, 0.3) is 32.9 Å². The Labute approximate surface area is 265 Å². The van der Waals surface area contributed by atoms with E-state index in [0.29, 0.717) is 0 Å². The van der Waals surface area contributed by atoms with Crippen molar-refractivity contribution in [3.63, 3.8) is 0 Å². The van der Waals surface area contributed by atoms with Gasteiger partial charge >= 0.3 is 0 Å². The second kappa shape index (κ2) is 12.5. The van der Waals surface area contributed by atoms with E-state index in [1.165, 1.54) is 33.0 Å². The molecule has 2 aromatic heterocycles. The Balaban J connectivity index is 1.51. The first-order chi connectivity index (χ1) is 21.1. The number of aromatic nitrogens is 2. The first kappa shape index (κ1) is 30.6. The van der Waals surface area contributed by atoms with Crippen molar-refractivity contribution in [2.24, 2.45) is 0 Å². The SMILES string of the molecule is CC(C)(C)P(Cc1ccc(-c2ccccc2)cc1CP(c1ccc2ccccc2n1)c1ccc2ccccc2n1)C(C)(C)C. The average molecular weight is 613 g/mol. The van der Waals surface area contributed by atoms with Gasteiger partial charge in [0, 0.05) is 24.9 Å². The highest BCUT2D eigenvalue weighted by Gasteiger charge is 2.35. The highest BCUT2D eigenvalue weighted by molar-refractivity contribution is 7.71. The molecule has 2 heterocycles. The molecule has 0 unspecified atom stereocenters. The quantitative estimate of drug-likeness (QED) is 0.168. The topological polar surface area (TPSA) is 25.8 Å². The van der Waals surface area contributed by atoms with E-state index in [9.17, 15) is 0 Å². The van der Waals surface area contributed by atoms with Gasteiger partial charge in [-0.25, -0.2) is 9.97 Å². The van der Waals surface area contributed by atoms with Crippen molar-refractivity contribution in [2.45, 2.75) is 64.2 Å². The number of rotatable bonds is 7. The van der Waals surface area contributed by atoms with E-state index >= 15 is 0 Å². The van der Waals surface area contributed by atoms with Gasteiger partial charge in [-0.05, 0) is 63.0 Å². The van der Waals surface area contributed by atoms with Crippen LogP contribution in [0.2, 0.25) is 0 Å². The first-order valence-corrected chi connectivity index (χ1v) is 18.6. The smallest absolute Gasteiger partial charge is 0.0709 e. The zero-order chi connectivity index (χ0) is 30.9. The first-order valence-electron chi connectivity index (χ1n) is 15.5. The van der Waals surface area contributed by atoms with Gasteiger partial charge in [-0.2, -0.15) is 0 Å². The van der Waals surface area contributed by atoms with E-state index in [-0.39, 0.29) is 18.2 Å². The molecule has 0 saturated heterocycles. The van der Waals surface area contributed by atoms with Crippen molar-refractivity contribution in [3.8, 4) is 11.1 Å². The van der Waals surface area contributed by atoms with Crippen molar-refractivity contribution in [2.75, 3.05) is 0 Å². The van der Waals surface area contributed by atoms with Crippen LogP contribution in [0.15, 0.2) is 121 Å². The highest BCUT2D eigenvalue weighted by Crippen LogP contribution is 2.61. The van der Waals surface area contributed by atoms with E-state index < -0.39 is 7.92 Å². The molecule has 0 radical (unpaired) electrons. The minimum absolute atomic E-state index is 0.244. The van der Waals surface area contributed by atoms with E-state index in [1.54, 1.807) is 0 Å². The van der Waals surface area contributed by atoms with Crippen LogP contribution in [0.5, 0.6) is 0 Å². The maximum Gasteiger partial charge on any atom is 0.0709 e. The van der Waals surface area contributed by atoms with Crippen LogP contribution >= 0.6 is 15.8 Å². The number of nitrogens with zero attached hydrogens (tertiary/aromatic N) is 2. The molecule has 2 nitrogen and oxygen atoms in total. The van der Waals surface area contributed by atoms with Gasteiger partial charge in [-0.15, -0.1) is 0 Å². The van der Waals surface area contributed by atoms with E-state index in [2.05, 4.69) is 163 Å². The Hall–Kier alpha value is -3.44. The minimum atomic E-state index is -0.867. The van der Waals surface area contributed by atoms with Crippen LogP contribution in [0, 0.1) is 0 Å². The lowest BCUT2D eigenvalue weighted by molar-refractivity contribution is 0.702. The Morgan fingerprint density at radius 2 is 1.00 bits per heavy atom. The van der Waals surface area contributed by atoms with E-state index in [4.69, 9.17) is 9.97 Å². The fraction of sp³-hybridized carbons (Fsp3) is 0.250. The van der Waals surface area contributed by atoms with Gasteiger partial charge in [-0.1, -0.05) is 147 Å². The summed E-state index contributed by atoms with van der Waals surface area (Å²) in [5.74, 6) is 0.